The SMILES string of the molecule is Cc1nc(C)n(C[C@H]2CCCN2Cc2cnn(-c3ccccc3)n2)n1. The van der Waals surface area contributed by atoms with E-state index in [0.717, 1.165) is 42.7 Å². The minimum Gasteiger partial charge on any atom is -0.293 e. The van der Waals surface area contributed by atoms with Gasteiger partial charge in [-0.05, 0) is 45.4 Å². The van der Waals surface area contributed by atoms with Crippen LogP contribution in [0.5, 0.6) is 0 Å². The molecule has 1 aliphatic rings. The molecule has 25 heavy (non-hydrogen) atoms. The molecule has 0 saturated carbocycles. The smallest absolute Gasteiger partial charge is 0.147 e. The summed E-state index contributed by atoms with van der Waals surface area (Å²) in [5.41, 5.74) is 1.99. The Hall–Kier alpha value is -2.54. The lowest BCUT2D eigenvalue weighted by molar-refractivity contribution is 0.215. The van der Waals surface area contributed by atoms with Crippen molar-refractivity contribution in [2.75, 3.05) is 6.54 Å². The van der Waals surface area contributed by atoms with Crippen molar-refractivity contribution in [3.63, 3.8) is 0 Å². The highest BCUT2D eigenvalue weighted by molar-refractivity contribution is 5.28. The van der Waals surface area contributed by atoms with Gasteiger partial charge in [-0.2, -0.15) is 20.1 Å². The third kappa shape index (κ3) is 3.46. The maximum atomic E-state index is 4.64. The zero-order valence-electron chi connectivity index (χ0n) is 14.7. The molecular weight excluding hydrogens is 314 g/mol. The molecule has 3 heterocycles. The van der Waals surface area contributed by atoms with Gasteiger partial charge in [-0.1, -0.05) is 18.2 Å². The molecule has 1 fully saturated rings. The average Bonchev–Trinajstić information content (AvgIpc) is 3.32. The van der Waals surface area contributed by atoms with Crippen LogP contribution >= 0.6 is 0 Å². The van der Waals surface area contributed by atoms with Gasteiger partial charge in [0.05, 0.1) is 24.1 Å². The van der Waals surface area contributed by atoms with Crippen LogP contribution in [0.25, 0.3) is 5.69 Å². The lowest BCUT2D eigenvalue weighted by atomic mass is 10.2. The second-order valence-corrected chi connectivity index (χ2v) is 6.62. The Balaban J connectivity index is 1.45. The van der Waals surface area contributed by atoms with Gasteiger partial charge in [0.15, 0.2) is 0 Å². The molecule has 0 N–H and O–H groups in total. The molecule has 2 aromatic heterocycles. The van der Waals surface area contributed by atoms with Gasteiger partial charge in [-0.25, -0.2) is 9.67 Å². The first-order valence-electron chi connectivity index (χ1n) is 8.78. The average molecular weight is 337 g/mol. The highest BCUT2D eigenvalue weighted by Crippen LogP contribution is 2.21. The molecule has 0 spiro atoms. The zero-order valence-corrected chi connectivity index (χ0v) is 14.7. The van der Waals surface area contributed by atoms with Crippen LogP contribution in [0.2, 0.25) is 0 Å². The van der Waals surface area contributed by atoms with E-state index in [-0.39, 0.29) is 0 Å². The van der Waals surface area contributed by atoms with Gasteiger partial charge < -0.3 is 0 Å². The molecule has 1 aliphatic heterocycles. The summed E-state index contributed by atoms with van der Waals surface area (Å²) in [5.74, 6) is 1.83. The number of para-hydroxylation sites is 1. The van der Waals surface area contributed by atoms with Crippen molar-refractivity contribution >= 4 is 0 Å². The Morgan fingerprint density at radius 2 is 1.96 bits per heavy atom. The van der Waals surface area contributed by atoms with Gasteiger partial charge in [0.1, 0.15) is 11.6 Å². The number of nitrogens with zero attached hydrogens (tertiary/aromatic N) is 7. The minimum atomic E-state index is 0.474. The van der Waals surface area contributed by atoms with Gasteiger partial charge >= 0.3 is 0 Å². The van der Waals surface area contributed by atoms with Crippen molar-refractivity contribution in [2.45, 2.75) is 45.8 Å². The van der Waals surface area contributed by atoms with Crippen molar-refractivity contribution in [1.82, 2.24) is 34.7 Å². The molecule has 0 unspecified atom stereocenters. The van der Waals surface area contributed by atoms with E-state index in [1.54, 1.807) is 4.80 Å². The number of aryl methyl sites for hydroxylation is 2. The van der Waals surface area contributed by atoms with Gasteiger partial charge in [0.25, 0.3) is 0 Å². The van der Waals surface area contributed by atoms with Crippen LogP contribution < -0.4 is 0 Å². The van der Waals surface area contributed by atoms with E-state index in [2.05, 4.69) is 25.2 Å². The van der Waals surface area contributed by atoms with Crippen LogP contribution in [0.1, 0.15) is 30.2 Å². The van der Waals surface area contributed by atoms with Crippen LogP contribution in [0.4, 0.5) is 0 Å². The lowest BCUT2D eigenvalue weighted by Gasteiger charge is -2.23. The molecule has 3 aromatic rings. The zero-order chi connectivity index (χ0) is 17.2. The fraction of sp³-hybridized carbons (Fsp3) is 0.444. The summed E-state index contributed by atoms with van der Waals surface area (Å²) in [5, 5.41) is 13.5. The third-order valence-electron chi connectivity index (χ3n) is 4.74. The van der Waals surface area contributed by atoms with Crippen molar-refractivity contribution in [2.24, 2.45) is 0 Å². The molecule has 0 radical (unpaired) electrons. The van der Waals surface area contributed by atoms with E-state index in [9.17, 15) is 0 Å². The summed E-state index contributed by atoms with van der Waals surface area (Å²) >= 11 is 0. The predicted octanol–water partition coefficient (Wildman–Crippen LogP) is 2.14. The summed E-state index contributed by atoms with van der Waals surface area (Å²) < 4.78 is 2.03. The maximum Gasteiger partial charge on any atom is 0.147 e. The molecule has 1 aromatic carbocycles. The van der Waals surface area contributed by atoms with E-state index in [1.807, 2.05) is 55.1 Å². The van der Waals surface area contributed by atoms with Crippen molar-refractivity contribution in [3.8, 4) is 5.69 Å². The number of likely N-dealkylation sites (tertiary alicyclic amines) is 1. The summed E-state index contributed by atoms with van der Waals surface area (Å²) in [7, 11) is 0. The first-order valence-corrected chi connectivity index (χ1v) is 8.78. The quantitative estimate of drug-likeness (QED) is 0.714. The lowest BCUT2D eigenvalue weighted by Crippen LogP contribution is -2.33. The normalized spacial score (nSPS) is 18.1. The molecule has 4 rings (SSSR count). The highest BCUT2D eigenvalue weighted by atomic mass is 15.5. The fourth-order valence-electron chi connectivity index (χ4n) is 3.50. The van der Waals surface area contributed by atoms with Gasteiger partial charge in [-0.15, -0.1) is 0 Å². The van der Waals surface area contributed by atoms with Crippen molar-refractivity contribution in [1.29, 1.82) is 0 Å². The molecule has 7 nitrogen and oxygen atoms in total. The number of hydrogen-bond acceptors (Lipinski definition) is 5. The van der Waals surface area contributed by atoms with Gasteiger partial charge in [-0.3, -0.25) is 4.90 Å². The molecule has 7 heteroatoms. The maximum absolute atomic E-state index is 4.64. The molecule has 0 bridgehead atoms. The van der Waals surface area contributed by atoms with Crippen molar-refractivity contribution in [3.05, 3.63) is 53.9 Å². The Labute approximate surface area is 147 Å². The van der Waals surface area contributed by atoms with Crippen LogP contribution in [0.3, 0.4) is 0 Å². The predicted molar refractivity (Wildman–Crippen MR) is 94.3 cm³/mol. The standard InChI is InChI=1S/C18H23N7/c1-14-20-15(2)24(21-14)13-18-9-6-10-23(18)12-16-11-19-25(22-16)17-7-4-3-5-8-17/h3-5,7-8,11,18H,6,9-10,12-13H2,1-2H3/t18-/m1/s1. The minimum absolute atomic E-state index is 0.474. The molecule has 130 valence electrons. The number of aromatic nitrogens is 6. The fourth-order valence-corrected chi connectivity index (χ4v) is 3.50. The van der Waals surface area contributed by atoms with E-state index in [0.29, 0.717) is 6.04 Å². The largest absolute Gasteiger partial charge is 0.293 e. The van der Waals surface area contributed by atoms with Crippen LogP contribution in [0, 0.1) is 13.8 Å². The van der Waals surface area contributed by atoms with Crippen LogP contribution in [-0.4, -0.2) is 47.2 Å². The Bertz CT molecular complexity index is 836. The molecule has 0 amide bonds. The van der Waals surface area contributed by atoms with E-state index in [1.165, 1.54) is 12.8 Å². The van der Waals surface area contributed by atoms with Gasteiger partial charge in [0, 0.05) is 12.6 Å². The summed E-state index contributed by atoms with van der Waals surface area (Å²) in [6, 6.07) is 10.5. The molecule has 0 aliphatic carbocycles. The summed E-state index contributed by atoms with van der Waals surface area (Å²) in [6.45, 7) is 6.77. The van der Waals surface area contributed by atoms with E-state index >= 15 is 0 Å². The Kier molecular flexibility index (Phi) is 4.31. The first-order chi connectivity index (χ1) is 12.2. The molecule has 1 saturated heterocycles. The summed E-state index contributed by atoms with van der Waals surface area (Å²) in [4.78, 5) is 8.59. The second kappa shape index (κ2) is 6.76. The molecular formula is C18H23N7. The topological polar surface area (TPSA) is 64.7 Å². The summed E-state index contributed by atoms with van der Waals surface area (Å²) in [6.07, 6.45) is 4.27. The molecule has 1 atom stereocenters. The van der Waals surface area contributed by atoms with E-state index < -0.39 is 0 Å². The Morgan fingerprint density at radius 3 is 2.72 bits per heavy atom. The van der Waals surface area contributed by atoms with Gasteiger partial charge in [0.2, 0.25) is 0 Å². The van der Waals surface area contributed by atoms with E-state index in [4.69, 9.17) is 0 Å². The number of hydrogen-bond donors (Lipinski definition) is 0. The van der Waals surface area contributed by atoms with Crippen LogP contribution in [0.15, 0.2) is 36.5 Å². The second-order valence-electron chi connectivity index (χ2n) is 6.62. The van der Waals surface area contributed by atoms with Crippen molar-refractivity contribution < 1.29 is 0 Å². The third-order valence-corrected chi connectivity index (χ3v) is 4.74. The Morgan fingerprint density at radius 1 is 1.12 bits per heavy atom. The monoisotopic (exact) mass is 337 g/mol. The van der Waals surface area contributed by atoms with Crippen LogP contribution in [-0.2, 0) is 13.1 Å². The number of benzene rings is 1. The highest BCUT2D eigenvalue weighted by Gasteiger charge is 2.26. The first kappa shape index (κ1) is 16.0. The number of rotatable bonds is 5.